The first-order chi connectivity index (χ1) is 11.1. The number of amides is 2. The van der Waals surface area contributed by atoms with Gasteiger partial charge in [-0.15, -0.1) is 0 Å². The lowest BCUT2D eigenvalue weighted by molar-refractivity contribution is -0.149. The fourth-order valence-corrected chi connectivity index (χ4v) is 2.25. The fourth-order valence-electron chi connectivity index (χ4n) is 2.25. The van der Waals surface area contributed by atoms with E-state index in [0.717, 1.165) is 5.56 Å². The van der Waals surface area contributed by atoms with Crippen LogP contribution >= 0.6 is 0 Å². The summed E-state index contributed by atoms with van der Waals surface area (Å²) >= 11 is 0. The second-order valence-corrected chi connectivity index (χ2v) is 5.06. The number of hydrogen-bond donors (Lipinski definition) is 2. The summed E-state index contributed by atoms with van der Waals surface area (Å²) in [5, 5.41) is 5.23. The Morgan fingerprint density at radius 2 is 2.04 bits per heavy atom. The average molecular weight is 316 g/mol. The third-order valence-corrected chi connectivity index (χ3v) is 3.39. The number of ether oxygens (including phenoxy) is 2. The molecule has 0 aliphatic carbocycles. The Labute approximate surface area is 135 Å². The van der Waals surface area contributed by atoms with Crippen molar-refractivity contribution in [2.24, 2.45) is 5.92 Å². The van der Waals surface area contributed by atoms with E-state index in [0.29, 0.717) is 12.3 Å². The Morgan fingerprint density at radius 3 is 2.74 bits per heavy atom. The van der Waals surface area contributed by atoms with Gasteiger partial charge in [-0.1, -0.05) is 49.1 Å². The molecule has 0 spiro atoms. The first-order valence-corrected chi connectivity index (χ1v) is 7.27. The molecule has 23 heavy (non-hydrogen) atoms. The van der Waals surface area contributed by atoms with Gasteiger partial charge < -0.3 is 20.1 Å². The molecule has 0 bridgehead atoms. The lowest BCUT2D eigenvalue weighted by atomic mass is 9.94. The van der Waals surface area contributed by atoms with Gasteiger partial charge in [0.1, 0.15) is 12.5 Å². The standard InChI is InChI=1S/C17H20N2O4/c1-12-15(16(20)23-11-10-22-2)14(19-17(21)18-12)9-8-13-6-4-3-5-7-13/h3-9,14-15H,1,10-11H2,2H3,(H2,18,19,21)/b9-8+/t14-,15+/m1/s1. The normalized spacial score (nSPS) is 20.9. The van der Waals surface area contributed by atoms with Gasteiger partial charge in [-0.05, 0) is 5.56 Å². The summed E-state index contributed by atoms with van der Waals surface area (Å²) in [7, 11) is 1.53. The van der Waals surface area contributed by atoms with Crippen molar-refractivity contribution < 1.29 is 19.1 Å². The van der Waals surface area contributed by atoms with Crippen LogP contribution in [0.1, 0.15) is 5.56 Å². The lowest BCUT2D eigenvalue weighted by Crippen LogP contribution is -2.55. The van der Waals surface area contributed by atoms with E-state index in [9.17, 15) is 9.59 Å². The molecule has 0 aromatic heterocycles. The van der Waals surface area contributed by atoms with E-state index >= 15 is 0 Å². The summed E-state index contributed by atoms with van der Waals surface area (Å²) in [6.45, 7) is 4.23. The summed E-state index contributed by atoms with van der Waals surface area (Å²) < 4.78 is 10.0. The molecule has 1 aromatic carbocycles. The van der Waals surface area contributed by atoms with Gasteiger partial charge in [-0.2, -0.15) is 0 Å². The Balaban J connectivity index is 2.11. The van der Waals surface area contributed by atoms with Crippen LogP contribution in [0.3, 0.4) is 0 Å². The van der Waals surface area contributed by atoms with Crippen molar-refractivity contribution in [1.29, 1.82) is 0 Å². The summed E-state index contributed by atoms with van der Waals surface area (Å²) in [4.78, 5) is 23.9. The minimum absolute atomic E-state index is 0.155. The molecule has 6 heteroatoms. The van der Waals surface area contributed by atoms with E-state index in [2.05, 4.69) is 17.2 Å². The Bertz CT molecular complexity index is 598. The molecule has 0 radical (unpaired) electrons. The highest BCUT2D eigenvalue weighted by Crippen LogP contribution is 2.20. The van der Waals surface area contributed by atoms with Gasteiger partial charge in [0, 0.05) is 12.8 Å². The monoisotopic (exact) mass is 316 g/mol. The lowest BCUT2D eigenvalue weighted by Gasteiger charge is -2.31. The van der Waals surface area contributed by atoms with Crippen molar-refractivity contribution in [3.8, 4) is 0 Å². The highest BCUT2D eigenvalue weighted by Gasteiger charge is 2.36. The van der Waals surface area contributed by atoms with Crippen LogP contribution in [0.15, 0.2) is 48.7 Å². The number of rotatable bonds is 6. The number of carbonyl (C=O) groups excluding carboxylic acids is 2. The quantitative estimate of drug-likeness (QED) is 0.619. The number of benzene rings is 1. The van der Waals surface area contributed by atoms with Crippen LogP contribution in [0.5, 0.6) is 0 Å². The molecule has 0 saturated carbocycles. The zero-order valence-corrected chi connectivity index (χ0v) is 13.0. The van der Waals surface area contributed by atoms with Crippen LogP contribution in [-0.4, -0.2) is 38.4 Å². The maximum absolute atomic E-state index is 12.2. The van der Waals surface area contributed by atoms with Crippen LogP contribution < -0.4 is 10.6 Å². The maximum Gasteiger partial charge on any atom is 0.319 e. The number of esters is 1. The molecule has 122 valence electrons. The largest absolute Gasteiger partial charge is 0.463 e. The maximum atomic E-state index is 12.2. The molecule has 1 aliphatic rings. The Hall–Kier alpha value is -2.60. The number of hydrogen-bond acceptors (Lipinski definition) is 4. The second-order valence-electron chi connectivity index (χ2n) is 5.06. The molecule has 0 unspecified atom stereocenters. The van der Waals surface area contributed by atoms with Crippen molar-refractivity contribution in [1.82, 2.24) is 10.6 Å². The second kappa shape index (κ2) is 8.14. The Morgan fingerprint density at radius 1 is 1.30 bits per heavy atom. The summed E-state index contributed by atoms with van der Waals surface area (Å²) in [6.07, 6.45) is 3.61. The molecule has 1 fully saturated rings. The molecular formula is C17H20N2O4. The topological polar surface area (TPSA) is 76.7 Å². The van der Waals surface area contributed by atoms with Crippen LogP contribution in [0.2, 0.25) is 0 Å². The summed E-state index contributed by atoms with van der Waals surface area (Å²) in [6, 6.07) is 8.69. The number of carbonyl (C=O) groups is 2. The molecule has 2 amide bonds. The third-order valence-electron chi connectivity index (χ3n) is 3.39. The van der Waals surface area contributed by atoms with Gasteiger partial charge in [0.2, 0.25) is 0 Å². The van der Waals surface area contributed by atoms with E-state index in [1.54, 1.807) is 6.08 Å². The molecule has 2 rings (SSSR count). The fraction of sp³-hybridized carbons (Fsp3) is 0.294. The van der Waals surface area contributed by atoms with Crippen LogP contribution in [-0.2, 0) is 14.3 Å². The molecule has 6 nitrogen and oxygen atoms in total. The van der Waals surface area contributed by atoms with Crippen molar-refractivity contribution in [3.05, 3.63) is 54.2 Å². The summed E-state index contributed by atoms with van der Waals surface area (Å²) in [5.41, 5.74) is 1.29. The summed E-state index contributed by atoms with van der Waals surface area (Å²) in [5.74, 6) is -1.15. The highest BCUT2D eigenvalue weighted by molar-refractivity contribution is 5.85. The average Bonchev–Trinajstić information content (AvgIpc) is 2.53. The van der Waals surface area contributed by atoms with E-state index in [-0.39, 0.29) is 6.61 Å². The van der Waals surface area contributed by atoms with Gasteiger partial charge in [0.05, 0.1) is 12.6 Å². The number of methoxy groups -OCH3 is 1. The van der Waals surface area contributed by atoms with Crippen LogP contribution in [0.4, 0.5) is 4.79 Å². The molecule has 2 atom stereocenters. The number of nitrogens with one attached hydrogen (secondary N) is 2. The van der Waals surface area contributed by atoms with Gasteiger partial charge in [0.25, 0.3) is 0 Å². The zero-order valence-electron chi connectivity index (χ0n) is 13.0. The Kier molecular flexibility index (Phi) is 5.94. The van der Waals surface area contributed by atoms with Gasteiger partial charge in [-0.3, -0.25) is 4.79 Å². The van der Waals surface area contributed by atoms with Crippen molar-refractivity contribution in [2.75, 3.05) is 20.3 Å². The van der Waals surface area contributed by atoms with Crippen molar-refractivity contribution >= 4 is 18.1 Å². The van der Waals surface area contributed by atoms with Gasteiger partial charge >= 0.3 is 12.0 Å². The van der Waals surface area contributed by atoms with Gasteiger partial charge in [-0.25, -0.2) is 4.79 Å². The third kappa shape index (κ3) is 4.69. The van der Waals surface area contributed by atoms with E-state index in [1.807, 2.05) is 36.4 Å². The molecule has 1 aromatic rings. The van der Waals surface area contributed by atoms with Gasteiger partial charge in [0.15, 0.2) is 0 Å². The van der Waals surface area contributed by atoms with Crippen molar-refractivity contribution in [3.63, 3.8) is 0 Å². The van der Waals surface area contributed by atoms with E-state index in [4.69, 9.17) is 9.47 Å². The smallest absolute Gasteiger partial charge is 0.319 e. The van der Waals surface area contributed by atoms with E-state index in [1.165, 1.54) is 7.11 Å². The first kappa shape index (κ1) is 16.8. The SMILES string of the molecule is C=C1NC(=O)N[C@H](/C=C/c2ccccc2)[C@H]1C(=O)OCCOC. The molecule has 1 saturated heterocycles. The van der Waals surface area contributed by atoms with Crippen LogP contribution in [0.25, 0.3) is 6.08 Å². The highest BCUT2D eigenvalue weighted by atomic mass is 16.6. The first-order valence-electron chi connectivity index (χ1n) is 7.27. The molecule has 1 heterocycles. The van der Waals surface area contributed by atoms with Crippen LogP contribution in [0, 0.1) is 5.92 Å². The van der Waals surface area contributed by atoms with E-state index < -0.39 is 24.0 Å². The minimum Gasteiger partial charge on any atom is -0.463 e. The minimum atomic E-state index is -0.690. The molecular weight excluding hydrogens is 296 g/mol. The molecule has 1 aliphatic heterocycles. The van der Waals surface area contributed by atoms with Crippen molar-refractivity contribution in [2.45, 2.75) is 6.04 Å². The molecule has 2 N–H and O–H groups in total. The number of urea groups is 1. The predicted octanol–water partition coefficient (Wildman–Crippen LogP) is 1.70. The zero-order chi connectivity index (χ0) is 16.7. The predicted molar refractivity (Wildman–Crippen MR) is 86.4 cm³/mol.